The highest BCUT2D eigenvalue weighted by atomic mass is 32.1. The van der Waals surface area contributed by atoms with Gasteiger partial charge in [-0.05, 0) is 75.0 Å². The standard InChI is InChI=1S/C50H40N2S/c1-49(2,3)31-22-30(23-32(24-31)50(4,5)6)28-13-11-14-29(21-28)45-46-39(25-40-34-16-8-10-20-44(34)53-48(40)45)37-27-43-38(26-41(37)51-46)36-18-12-17-35-33-15-7-9-19-42(33)52(43)47(35)36/h7-27,51H,1-6H3. The summed E-state index contributed by atoms with van der Waals surface area (Å²) in [4.78, 5) is 4.01. The second kappa shape index (κ2) is 10.5. The molecule has 4 heterocycles. The monoisotopic (exact) mass is 700 g/mol. The lowest BCUT2D eigenvalue weighted by molar-refractivity contribution is 0.569. The van der Waals surface area contributed by atoms with Crippen LogP contribution in [0, 0.1) is 0 Å². The molecule has 256 valence electrons. The second-order valence-corrected chi connectivity index (χ2v) is 18.2. The Morgan fingerprint density at radius 1 is 0.472 bits per heavy atom. The zero-order valence-electron chi connectivity index (χ0n) is 31.0. The van der Waals surface area contributed by atoms with Gasteiger partial charge in [-0.15, -0.1) is 11.3 Å². The highest BCUT2D eigenvalue weighted by Gasteiger charge is 2.24. The van der Waals surface area contributed by atoms with Gasteiger partial charge in [-0.25, -0.2) is 0 Å². The van der Waals surface area contributed by atoms with E-state index in [9.17, 15) is 0 Å². The summed E-state index contributed by atoms with van der Waals surface area (Å²) >= 11 is 1.91. The fourth-order valence-corrected chi connectivity index (χ4v) is 10.2. The molecule has 4 aromatic heterocycles. The normalized spacial score (nSPS) is 13.1. The minimum atomic E-state index is 0.0479. The summed E-state index contributed by atoms with van der Waals surface area (Å²) in [7, 11) is 0. The molecular formula is C50H40N2S. The molecule has 0 unspecified atom stereocenters. The maximum Gasteiger partial charge on any atom is 0.0620 e. The summed E-state index contributed by atoms with van der Waals surface area (Å²) in [6, 6.07) is 48.3. The van der Waals surface area contributed by atoms with Crippen LogP contribution in [0.4, 0.5) is 0 Å². The van der Waals surface area contributed by atoms with Crippen LogP contribution in [-0.2, 0) is 10.8 Å². The van der Waals surface area contributed by atoms with Crippen molar-refractivity contribution in [3.8, 4) is 22.3 Å². The number of aromatic nitrogens is 2. The molecule has 0 saturated carbocycles. The van der Waals surface area contributed by atoms with Crippen LogP contribution in [0.3, 0.4) is 0 Å². The molecule has 53 heavy (non-hydrogen) atoms. The highest BCUT2D eigenvalue weighted by Crippen LogP contribution is 2.48. The summed E-state index contributed by atoms with van der Waals surface area (Å²) in [5, 5.41) is 10.4. The Morgan fingerprint density at radius 2 is 1.13 bits per heavy atom. The lowest BCUT2D eigenvalue weighted by Gasteiger charge is -2.26. The van der Waals surface area contributed by atoms with Gasteiger partial charge in [0.1, 0.15) is 0 Å². The molecule has 0 radical (unpaired) electrons. The molecular weight excluding hydrogens is 661 g/mol. The molecule has 0 saturated heterocycles. The predicted octanol–water partition coefficient (Wildman–Crippen LogP) is 14.8. The summed E-state index contributed by atoms with van der Waals surface area (Å²) in [5.74, 6) is 0. The van der Waals surface area contributed by atoms with Crippen LogP contribution in [0.2, 0.25) is 0 Å². The van der Waals surface area contributed by atoms with Gasteiger partial charge in [-0.1, -0.05) is 133 Å². The zero-order chi connectivity index (χ0) is 36.0. The van der Waals surface area contributed by atoms with Crippen molar-refractivity contribution in [3.63, 3.8) is 0 Å². The van der Waals surface area contributed by atoms with E-state index < -0.39 is 0 Å². The average molecular weight is 701 g/mol. The molecule has 7 aromatic carbocycles. The third kappa shape index (κ3) is 4.38. The van der Waals surface area contributed by atoms with Gasteiger partial charge in [0, 0.05) is 63.6 Å². The number of benzene rings is 7. The van der Waals surface area contributed by atoms with Crippen LogP contribution in [0.1, 0.15) is 52.7 Å². The number of hydrogen-bond acceptors (Lipinski definition) is 1. The molecule has 0 aliphatic carbocycles. The number of rotatable bonds is 2. The fraction of sp³-hybridized carbons (Fsp3) is 0.160. The SMILES string of the molecule is CC(C)(C)c1cc(-c2cccc(-c3c4[nH]c5cc6c7cccc8c9ccccc9n(c6cc5c4cc4c3sc3ccccc34)c87)c2)cc(C(C)(C)C)c1. The van der Waals surface area contributed by atoms with Crippen molar-refractivity contribution in [1.29, 1.82) is 0 Å². The first-order valence-corrected chi connectivity index (χ1v) is 19.6. The van der Waals surface area contributed by atoms with Crippen molar-refractivity contribution in [2.24, 2.45) is 0 Å². The van der Waals surface area contributed by atoms with Gasteiger partial charge < -0.3 is 9.38 Å². The molecule has 0 atom stereocenters. The van der Waals surface area contributed by atoms with Gasteiger partial charge in [-0.3, -0.25) is 0 Å². The molecule has 11 rings (SSSR count). The molecule has 11 aromatic rings. The van der Waals surface area contributed by atoms with Crippen LogP contribution in [0.5, 0.6) is 0 Å². The van der Waals surface area contributed by atoms with Crippen LogP contribution in [0.25, 0.3) is 102 Å². The van der Waals surface area contributed by atoms with Crippen molar-refractivity contribution in [1.82, 2.24) is 9.38 Å². The van der Waals surface area contributed by atoms with Crippen molar-refractivity contribution in [2.45, 2.75) is 52.4 Å². The van der Waals surface area contributed by atoms with Crippen molar-refractivity contribution in [3.05, 3.63) is 139 Å². The molecule has 0 amide bonds. The lowest BCUT2D eigenvalue weighted by atomic mass is 9.79. The Kier molecular flexibility index (Phi) is 6.12. The second-order valence-electron chi connectivity index (χ2n) is 17.1. The van der Waals surface area contributed by atoms with Crippen LogP contribution >= 0.6 is 11.3 Å². The Balaban J connectivity index is 1.23. The zero-order valence-corrected chi connectivity index (χ0v) is 31.8. The third-order valence-corrected chi connectivity index (χ3v) is 12.9. The smallest absolute Gasteiger partial charge is 0.0620 e. The molecule has 2 nitrogen and oxygen atoms in total. The Bertz CT molecular complexity index is 3260. The number of thiophene rings is 1. The van der Waals surface area contributed by atoms with Crippen molar-refractivity contribution in [2.75, 3.05) is 0 Å². The Labute approximate surface area is 312 Å². The number of para-hydroxylation sites is 2. The number of nitrogens with one attached hydrogen (secondary N) is 1. The fourth-order valence-electron chi connectivity index (χ4n) is 8.93. The Hall–Kier alpha value is -5.64. The number of aromatic amines is 1. The van der Waals surface area contributed by atoms with E-state index in [1.54, 1.807) is 0 Å². The van der Waals surface area contributed by atoms with Crippen LogP contribution in [0.15, 0.2) is 127 Å². The van der Waals surface area contributed by atoms with E-state index in [1.165, 1.54) is 113 Å². The Morgan fingerprint density at radius 3 is 1.91 bits per heavy atom. The van der Waals surface area contributed by atoms with Crippen molar-refractivity contribution >= 4 is 91.4 Å². The predicted molar refractivity (Wildman–Crippen MR) is 232 cm³/mol. The summed E-state index contributed by atoms with van der Waals surface area (Å²) in [6.07, 6.45) is 0. The lowest BCUT2D eigenvalue weighted by Crippen LogP contribution is -2.16. The van der Waals surface area contributed by atoms with E-state index in [2.05, 4.69) is 178 Å². The molecule has 1 N–H and O–H groups in total. The van der Waals surface area contributed by atoms with E-state index in [0.29, 0.717) is 0 Å². The largest absolute Gasteiger partial charge is 0.354 e. The van der Waals surface area contributed by atoms with E-state index >= 15 is 0 Å². The molecule has 3 heteroatoms. The first kappa shape index (κ1) is 30.9. The van der Waals surface area contributed by atoms with Gasteiger partial charge in [0.15, 0.2) is 0 Å². The molecule has 0 spiro atoms. The minimum Gasteiger partial charge on any atom is -0.354 e. The quantitative estimate of drug-likeness (QED) is 0.185. The summed E-state index contributed by atoms with van der Waals surface area (Å²) < 4.78 is 5.15. The third-order valence-electron chi connectivity index (χ3n) is 11.7. The van der Waals surface area contributed by atoms with Crippen molar-refractivity contribution < 1.29 is 0 Å². The van der Waals surface area contributed by atoms with E-state index in [4.69, 9.17) is 0 Å². The maximum absolute atomic E-state index is 4.01. The molecule has 0 aliphatic heterocycles. The number of hydrogen-bond donors (Lipinski definition) is 1. The van der Waals surface area contributed by atoms with E-state index in [1.807, 2.05) is 11.3 Å². The van der Waals surface area contributed by atoms with Gasteiger partial charge in [0.05, 0.1) is 22.1 Å². The minimum absolute atomic E-state index is 0.0479. The number of nitrogens with zero attached hydrogens (tertiary/aromatic N) is 1. The first-order chi connectivity index (χ1) is 25.5. The first-order valence-electron chi connectivity index (χ1n) is 18.8. The van der Waals surface area contributed by atoms with Gasteiger partial charge in [0.25, 0.3) is 0 Å². The number of H-pyrrole nitrogens is 1. The maximum atomic E-state index is 4.01. The molecule has 0 bridgehead atoms. The van der Waals surface area contributed by atoms with Crippen LogP contribution < -0.4 is 0 Å². The molecule has 0 aliphatic rings. The highest BCUT2D eigenvalue weighted by molar-refractivity contribution is 7.26. The van der Waals surface area contributed by atoms with E-state index in [0.717, 1.165) is 0 Å². The van der Waals surface area contributed by atoms with Gasteiger partial charge >= 0.3 is 0 Å². The molecule has 0 fully saturated rings. The van der Waals surface area contributed by atoms with Gasteiger partial charge in [-0.2, -0.15) is 0 Å². The van der Waals surface area contributed by atoms with Gasteiger partial charge in [0.2, 0.25) is 0 Å². The summed E-state index contributed by atoms with van der Waals surface area (Å²) in [6.45, 7) is 13.9. The van der Waals surface area contributed by atoms with E-state index in [-0.39, 0.29) is 10.8 Å². The van der Waals surface area contributed by atoms with Crippen LogP contribution in [-0.4, -0.2) is 9.38 Å². The summed E-state index contributed by atoms with van der Waals surface area (Å²) in [5.41, 5.74) is 14.1. The average Bonchev–Trinajstić information content (AvgIpc) is 3.89. The number of fused-ring (bicyclic) bond motifs is 12. The topological polar surface area (TPSA) is 20.2 Å².